The van der Waals surface area contributed by atoms with E-state index in [1.807, 2.05) is 47.8 Å². The summed E-state index contributed by atoms with van der Waals surface area (Å²) < 4.78 is 1.05. The summed E-state index contributed by atoms with van der Waals surface area (Å²) in [5.41, 5.74) is 3.55. The largest absolute Gasteiger partial charge is 0.348 e. The molecule has 6 heteroatoms. The Labute approximate surface area is 159 Å². The fourth-order valence-electron chi connectivity index (χ4n) is 2.76. The molecule has 0 atom stereocenters. The van der Waals surface area contributed by atoms with Crippen molar-refractivity contribution in [2.75, 3.05) is 0 Å². The van der Waals surface area contributed by atoms with Crippen molar-refractivity contribution in [2.45, 2.75) is 19.9 Å². The van der Waals surface area contributed by atoms with Crippen LogP contribution in [-0.4, -0.2) is 15.9 Å². The standard InChI is InChI=1S/C20H17N3OS2/c1-2-18-23-15-8-7-13(11-17(15)26-18)20(24)22-12-14-5-3-9-21-19(14)16-6-4-10-25-16/h3-11H,2,12H2,1H3,(H,22,24). The van der Waals surface area contributed by atoms with Crippen LogP contribution in [0.25, 0.3) is 20.8 Å². The highest BCUT2D eigenvalue weighted by Gasteiger charge is 2.11. The molecule has 0 fully saturated rings. The molecular formula is C20H17N3OS2. The summed E-state index contributed by atoms with van der Waals surface area (Å²) in [5.74, 6) is -0.0840. The zero-order valence-corrected chi connectivity index (χ0v) is 15.9. The molecular weight excluding hydrogens is 362 g/mol. The Bertz CT molecular complexity index is 1050. The Morgan fingerprint density at radius 3 is 2.92 bits per heavy atom. The van der Waals surface area contributed by atoms with Gasteiger partial charge in [0.15, 0.2) is 0 Å². The predicted molar refractivity (Wildman–Crippen MR) is 108 cm³/mol. The average molecular weight is 380 g/mol. The highest BCUT2D eigenvalue weighted by atomic mass is 32.1. The third-order valence-electron chi connectivity index (χ3n) is 4.08. The van der Waals surface area contributed by atoms with Crippen LogP contribution in [0, 0.1) is 0 Å². The van der Waals surface area contributed by atoms with Crippen LogP contribution in [0.15, 0.2) is 54.0 Å². The lowest BCUT2D eigenvalue weighted by atomic mass is 10.1. The van der Waals surface area contributed by atoms with Gasteiger partial charge in [0.05, 0.1) is 25.8 Å². The van der Waals surface area contributed by atoms with Gasteiger partial charge in [0.25, 0.3) is 5.91 Å². The van der Waals surface area contributed by atoms with Crippen LogP contribution < -0.4 is 5.32 Å². The van der Waals surface area contributed by atoms with Crippen molar-refractivity contribution in [1.82, 2.24) is 15.3 Å². The topological polar surface area (TPSA) is 54.9 Å². The number of aryl methyl sites for hydroxylation is 1. The third-order valence-corrected chi connectivity index (χ3v) is 6.12. The maximum Gasteiger partial charge on any atom is 0.251 e. The summed E-state index contributed by atoms with van der Waals surface area (Å²) in [5, 5.41) is 6.13. The number of thiophene rings is 1. The maximum absolute atomic E-state index is 12.6. The number of rotatable bonds is 5. The number of amides is 1. The summed E-state index contributed by atoms with van der Waals surface area (Å²) in [7, 11) is 0. The Morgan fingerprint density at radius 2 is 2.12 bits per heavy atom. The minimum atomic E-state index is -0.0840. The van der Waals surface area contributed by atoms with Gasteiger partial charge in [-0.25, -0.2) is 4.98 Å². The summed E-state index contributed by atoms with van der Waals surface area (Å²) in [6.07, 6.45) is 2.69. The van der Waals surface area contributed by atoms with Gasteiger partial charge in [-0.3, -0.25) is 9.78 Å². The van der Waals surface area contributed by atoms with Gasteiger partial charge in [-0.1, -0.05) is 19.1 Å². The third kappa shape index (κ3) is 3.38. The van der Waals surface area contributed by atoms with Crippen molar-refractivity contribution in [3.8, 4) is 10.6 Å². The molecule has 0 saturated carbocycles. The summed E-state index contributed by atoms with van der Waals surface area (Å²) >= 11 is 3.29. The van der Waals surface area contributed by atoms with Crippen LogP contribution in [0.4, 0.5) is 0 Å². The molecule has 0 aliphatic rings. The number of thiazole rings is 1. The van der Waals surface area contributed by atoms with Gasteiger partial charge >= 0.3 is 0 Å². The molecule has 3 heterocycles. The smallest absolute Gasteiger partial charge is 0.251 e. The average Bonchev–Trinajstić information content (AvgIpc) is 3.35. The number of carbonyl (C=O) groups is 1. The highest BCUT2D eigenvalue weighted by Crippen LogP contribution is 2.26. The van der Waals surface area contributed by atoms with Gasteiger partial charge in [0.1, 0.15) is 0 Å². The molecule has 130 valence electrons. The van der Waals surface area contributed by atoms with Crippen molar-refractivity contribution < 1.29 is 4.79 Å². The Hall–Kier alpha value is -2.57. The number of hydrogen-bond acceptors (Lipinski definition) is 5. The van der Waals surface area contributed by atoms with Gasteiger partial charge in [0, 0.05) is 18.3 Å². The fourth-order valence-corrected chi connectivity index (χ4v) is 4.46. The van der Waals surface area contributed by atoms with E-state index < -0.39 is 0 Å². The van der Waals surface area contributed by atoms with E-state index in [-0.39, 0.29) is 5.91 Å². The van der Waals surface area contributed by atoms with E-state index >= 15 is 0 Å². The minimum absolute atomic E-state index is 0.0840. The molecule has 3 aromatic heterocycles. The highest BCUT2D eigenvalue weighted by molar-refractivity contribution is 7.18. The number of hydrogen-bond donors (Lipinski definition) is 1. The van der Waals surface area contributed by atoms with E-state index in [0.717, 1.165) is 37.8 Å². The van der Waals surface area contributed by atoms with Crippen molar-refractivity contribution in [3.63, 3.8) is 0 Å². The molecule has 1 N–H and O–H groups in total. The number of pyridine rings is 1. The van der Waals surface area contributed by atoms with Crippen molar-refractivity contribution in [1.29, 1.82) is 0 Å². The molecule has 4 nitrogen and oxygen atoms in total. The molecule has 0 bridgehead atoms. The summed E-state index contributed by atoms with van der Waals surface area (Å²) in [6.45, 7) is 2.53. The van der Waals surface area contributed by atoms with Gasteiger partial charge in [0.2, 0.25) is 0 Å². The van der Waals surface area contributed by atoms with Crippen molar-refractivity contribution in [3.05, 3.63) is 70.2 Å². The van der Waals surface area contributed by atoms with Gasteiger partial charge in [-0.05, 0) is 47.7 Å². The van der Waals surface area contributed by atoms with Crippen LogP contribution in [0.3, 0.4) is 0 Å². The van der Waals surface area contributed by atoms with Gasteiger partial charge < -0.3 is 5.32 Å². The minimum Gasteiger partial charge on any atom is -0.348 e. The second kappa shape index (κ2) is 7.35. The first-order valence-corrected chi connectivity index (χ1v) is 10.1. The van der Waals surface area contributed by atoms with E-state index in [1.54, 1.807) is 28.9 Å². The van der Waals surface area contributed by atoms with Crippen molar-refractivity contribution >= 4 is 38.8 Å². The lowest BCUT2D eigenvalue weighted by Gasteiger charge is -2.09. The zero-order chi connectivity index (χ0) is 17.9. The quantitative estimate of drug-likeness (QED) is 0.536. The SMILES string of the molecule is CCc1nc2ccc(C(=O)NCc3cccnc3-c3cccs3)cc2s1. The van der Waals surface area contributed by atoms with Crippen LogP contribution in [0.1, 0.15) is 27.9 Å². The zero-order valence-electron chi connectivity index (χ0n) is 14.2. The second-order valence-corrected chi connectivity index (χ2v) is 7.88. The fraction of sp³-hybridized carbons (Fsp3) is 0.150. The van der Waals surface area contributed by atoms with Crippen LogP contribution in [0.2, 0.25) is 0 Å². The number of nitrogens with one attached hydrogen (secondary N) is 1. The first-order chi connectivity index (χ1) is 12.7. The lowest BCUT2D eigenvalue weighted by molar-refractivity contribution is 0.0951. The monoisotopic (exact) mass is 379 g/mol. The van der Waals surface area contributed by atoms with Gasteiger partial charge in [-0.15, -0.1) is 22.7 Å². The molecule has 0 saturated heterocycles. The number of nitrogens with zero attached hydrogens (tertiary/aromatic N) is 2. The maximum atomic E-state index is 12.6. The Morgan fingerprint density at radius 1 is 1.19 bits per heavy atom. The van der Waals surface area contributed by atoms with E-state index in [1.165, 1.54) is 0 Å². The molecule has 0 unspecified atom stereocenters. The van der Waals surface area contributed by atoms with Gasteiger partial charge in [-0.2, -0.15) is 0 Å². The lowest BCUT2D eigenvalue weighted by Crippen LogP contribution is -2.23. The van der Waals surface area contributed by atoms with Crippen LogP contribution >= 0.6 is 22.7 Å². The molecule has 0 radical (unpaired) electrons. The molecule has 0 aliphatic heterocycles. The van der Waals surface area contributed by atoms with E-state index in [9.17, 15) is 4.79 Å². The second-order valence-electron chi connectivity index (χ2n) is 5.81. The Kier molecular flexibility index (Phi) is 4.77. The first-order valence-electron chi connectivity index (χ1n) is 8.40. The molecule has 4 rings (SSSR count). The molecule has 1 aromatic carbocycles. The molecule has 0 aliphatic carbocycles. The molecule has 0 spiro atoms. The van der Waals surface area contributed by atoms with Crippen molar-refractivity contribution in [2.24, 2.45) is 0 Å². The number of benzene rings is 1. The van der Waals surface area contributed by atoms with E-state index in [2.05, 4.69) is 22.2 Å². The molecule has 1 amide bonds. The van der Waals surface area contributed by atoms with E-state index in [0.29, 0.717) is 12.1 Å². The summed E-state index contributed by atoms with van der Waals surface area (Å²) in [4.78, 5) is 22.7. The van der Waals surface area contributed by atoms with Crippen LogP contribution in [0.5, 0.6) is 0 Å². The van der Waals surface area contributed by atoms with E-state index in [4.69, 9.17) is 0 Å². The molecule has 4 aromatic rings. The number of carbonyl (C=O) groups excluding carboxylic acids is 1. The first kappa shape index (κ1) is 16.9. The predicted octanol–water partition coefficient (Wildman–Crippen LogP) is 4.91. The molecule has 26 heavy (non-hydrogen) atoms. The number of aromatic nitrogens is 2. The van der Waals surface area contributed by atoms with Crippen LogP contribution in [-0.2, 0) is 13.0 Å². The summed E-state index contributed by atoms with van der Waals surface area (Å²) in [6, 6.07) is 13.6. The number of fused-ring (bicyclic) bond motifs is 1. The normalized spacial score (nSPS) is 11.0. The Balaban J connectivity index is 1.53.